The monoisotopic (exact) mass is 1320 g/mol. The van der Waals surface area contributed by atoms with Crippen LogP contribution in [0.3, 0.4) is 0 Å². The molecule has 2 saturated heterocycles. The summed E-state index contributed by atoms with van der Waals surface area (Å²) in [6.07, 6.45) is 0. The Kier molecular flexibility index (Phi) is 19.6. The lowest BCUT2D eigenvalue weighted by Crippen LogP contribution is -2.42. The lowest BCUT2D eigenvalue weighted by Gasteiger charge is -2.32. The van der Waals surface area contributed by atoms with E-state index in [1.807, 2.05) is 297 Å². The normalized spacial score (nSPS) is 15.6. The number of benzene rings is 10. The van der Waals surface area contributed by atoms with Gasteiger partial charge in [-0.2, -0.15) is 0 Å². The van der Waals surface area contributed by atoms with Gasteiger partial charge in [-0.25, -0.2) is 29.9 Å². The molecule has 10 aromatic carbocycles. The third-order valence-electron chi connectivity index (χ3n) is 17.9. The highest BCUT2D eigenvalue weighted by molar-refractivity contribution is 6.62. The van der Waals surface area contributed by atoms with Gasteiger partial charge in [-0.05, 0) is 155 Å². The number of hydrogen-bond acceptors (Lipinski definition) is 12. The molecule has 15 heteroatoms. The van der Waals surface area contributed by atoms with Gasteiger partial charge in [-0.3, -0.25) is 0 Å². The van der Waals surface area contributed by atoms with Gasteiger partial charge in [0, 0.05) is 51.4 Å². The molecule has 486 valence electrons. The van der Waals surface area contributed by atoms with E-state index in [4.69, 9.17) is 59.6 Å². The number of aromatic nitrogens is 6. The van der Waals surface area contributed by atoms with Gasteiger partial charge in [0.05, 0.1) is 52.3 Å². The van der Waals surface area contributed by atoms with Crippen LogP contribution in [0, 0.1) is 6.92 Å². The van der Waals surface area contributed by atoms with Gasteiger partial charge in [-0.15, -0.1) is 0 Å². The molecule has 15 rings (SSSR count). The molecule has 12 nitrogen and oxygen atoms in total. The zero-order valence-electron chi connectivity index (χ0n) is 56.2. The first-order chi connectivity index (χ1) is 47.9. The Balaban J connectivity index is 0.000000149. The van der Waals surface area contributed by atoms with Gasteiger partial charge >= 0.3 is 14.2 Å². The van der Waals surface area contributed by atoms with E-state index in [1.165, 1.54) is 0 Å². The Morgan fingerprint density at radius 3 is 0.768 bits per heavy atom. The van der Waals surface area contributed by atoms with Gasteiger partial charge in [-0.1, -0.05) is 206 Å². The minimum atomic E-state index is -0.605. The van der Waals surface area contributed by atoms with E-state index in [9.17, 15) is 0 Å². The lowest BCUT2D eigenvalue weighted by molar-refractivity contribution is 0.00578. The number of nitrogens with zero attached hydrogens (tertiary/aromatic N) is 6. The van der Waals surface area contributed by atoms with E-state index >= 15 is 0 Å². The molecule has 0 spiro atoms. The van der Waals surface area contributed by atoms with Crippen LogP contribution in [0.2, 0.25) is 5.28 Å². The van der Waals surface area contributed by atoms with Crippen molar-refractivity contribution in [3.8, 4) is 113 Å². The Hall–Kier alpha value is -10.8. The van der Waals surface area contributed by atoms with Crippen molar-refractivity contribution < 1.29 is 28.1 Å². The van der Waals surface area contributed by atoms with E-state index < -0.39 is 18.3 Å². The number of hydrogen-bond donors (Lipinski definition) is 0. The summed E-state index contributed by atoms with van der Waals surface area (Å²) in [6, 6.07) is 98.0. The summed E-state index contributed by atoms with van der Waals surface area (Å²) >= 11 is 6.03. The molecule has 99 heavy (non-hydrogen) atoms. The fourth-order valence-corrected chi connectivity index (χ4v) is 11.2. The molecule has 0 aliphatic carbocycles. The predicted molar refractivity (Wildman–Crippen MR) is 399 cm³/mol. The molecule has 0 saturated carbocycles. The van der Waals surface area contributed by atoms with Crippen molar-refractivity contribution in [2.24, 2.45) is 0 Å². The van der Waals surface area contributed by atoms with Crippen molar-refractivity contribution in [3.63, 3.8) is 0 Å². The third-order valence-corrected chi connectivity index (χ3v) is 18.0. The molecular weight excluding hydrogens is 1250 g/mol. The summed E-state index contributed by atoms with van der Waals surface area (Å²) in [5.74, 6) is 4.22. The van der Waals surface area contributed by atoms with Crippen LogP contribution in [0.4, 0.5) is 0 Å². The molecule has 0 N–H and O–H groups in total. The summed E-state index contributed by atoms with van der Waals surface area (Å²) in [5.41, 5.74) is 13.3. The van der Waals surface area contributed by atoms with E-state index in [0.717, 1.165) is 101 Å². The minimum Gasteiger partial charge on any atom is -0.457 e. The molecule has 3 aromatic heterocycles. The predicted octanol–water partition coefficient (Wildman–Crippen LogP) is 19.4. The van der Waals surface area contributed by atoms with Crippen LogP contribution in [0.1, 0.15) is 48.5 Å². The van der Waals surface area contributed by atoms with Crippen molar-refractivity contribution in [1.82, 2.24) is 29.9 Å². The van der Waals surface area contributed by atoms with Gasteiger partial charge < -0.3 is 28.1 Å². The molecule has 1 unspecified atom stereocenters. The smallest absolute Gasteiger partial charge is 0.457 e. The number of rotatable bonds is 14. The van der Waals surface area contributed by atoms with Crippen LogP contribution in [-0.4, -0.2) is 66.5 Å². The SMILES string of the molecule is Clc1nc(-c2ccccc2)cc(-c2ccccc2)n1.[CH2+]C1(C)OB(c2ccc(Oc3ccc(B4OC(C)(C)C(C)(C)O4)cc3)cc2)OC1(C)C.c1ccc(-c2cc(-c3ccccc3)nc(-c3ccc(Oc4ccc(-c5nc(-c6ccccc6)cc(-c6ccccc6)n5)cc4)cc3)n2)cc1. The maximum absolute atomic E-state index is 6.25. The van der Waals surface area contributed by atoms with Crippen molar-refractivity contribution in [1.29, 1.82) is 0 Å². The highest BCUT2D eigenvalue weighted by Gasteiger charge is 2.57. The Morgan fingerprint density at radius 2 is 0.515 bits per heavy atom. The molecule has 2 aliphatic rings. The summed E-state index contributed by atoms with van der Waals surface area (Å²) in [4.78, 5) is 28.3. The minimum absolute atomic E-state index is 0.264. The lowest BCUT2D eigenvalue weighted by atomic mass is 9.79. The van der Waals surface area contributed by atoms with Crippen molar-refractivity contribution in [2.75, 3.05) is 0 Å². The van der Waals surface area contributed by atoms with Gasteiger partial charge in [0.2, 0.25) is 10.9 Å². The summed E-state index contributed by atoms with van der Waals surface area (Å²) in [7, 11) is -0.821. The quantitative estimate of drug-likeness (QED) is 0.0583. The summed E-state index contributed by atoms with van der Waals surface area (Å²) < 4.78 is 36.5. The molecule has 5 heterocycles. The summed E-state index contributed by atoms with van der Waals surface area (Å²) in [6.45, 7) is 18.3. The van der Waals surface area contributed by atoms with E-state index in [1.54, 1.807) is 0 Å². The second kappa shape index (κ2) is 29.1. The zero-order chi connectivity index (χ0) is 68.6. The zero-order valence-corrected chi connectivity index (χ0v) is 56.9. The largest absolute Gasteiger partial charge is 0.497 e. The maximum atomic E-state index is 6.25. The molecule has 1 atom stereocenters. The molecular formula is C84H72B2ClN6O6+. The highest BCUT2D eigenvalue weighted by atomic mass is 35.5. The van der Waals surface area contributed by atoms with Crippen molar-refractivity contribution in [2.45, 2.75) is 70.9 Å². The van der Waals surface area contributed by atoms with Crippen LogP contribution in [-0.2, 0) is 18.6 Å². The second-order valence-electron chi connectivity index (χ2n) is 25.8. The summed E-state index contributed by atoms with van der Waals surface area (Å²) in [5, 5.41) is 0.264. The topological polar surface area (TPSA) is 133 Å². The number of ether oxygens (including phenoxy) is 2. The molecule has 0 radical (unpaired) electrons. The maximum Gasteiger partial charge on any atom is 0.497 e. The molecule has 0 amide bonds. The fourth-order valence-electron chi connectivity index (χ4n) is 11.0. The molecule has 0 bridgehead atoms. The first-order valence-electron chi connectivity index (χ1n) is 32.9. The van der Waals surface area contributed by atoms with E-state index in [-0.39, 0.29) is 23.6 Å². The Morgan fingerprint density at radius 1 is 0.283 bits per heavy atom. The van der Waals surface area contributed by atoms with Crippen molar-refractivity contribution >= 4 is 36.8 Å². The van der Waals surface area contributed by atoms with E-state index in [2.05, 4.69) is 65.4 Å². The van der Waals surface area contributed by atoms with Gasteiger partial charge in [0.25, 0.3) is 0 Å². The van der Waals surface area contributed by atoms with E-state index in [0.29, 0.717) is 23.1 Å². The Bertz CT molecular complexity index is 4390. The van der Waals surface area contributed by atoms with Crippen LogP contribution in [0.5, 0.6) is 23.0 Å². The first-order valence-corrected chi connectivity index (χ1v) is 33.2. The molecule has 2 fully saturated rings. The fraction of sp³-hybridized carbons (Fsp3) is 0.131. The molecule has 2 aliphatic heterocycles. The van der Waals surface area contributed by atoms with Crippen LogP contribution in [0.25, 0.3) is 90.3 Å². The Labute approximate surface area is 585 Å². The average molecular weight is 1320 g/mol. The second-order valence-corrected chi connectivity index (χ2v) is 26.2. The average Bonchev–Trinajstić information content (AvgIpc) is 1.70. The van der Waals surface area contributed by atoms with Crippen LogP contribution in [0.15, 0.2) is 297 Å². The standard InChI is InChI=1S/C44H30N4O.C24H31B2O5.C16H11ClN2/c1-5-13-31(14-6-1)39-29-40(32-15-7-2-8-16-32)46-43(45-39)35-21-25-37(26-22-35)49-38-27-23-36(24-28-38)44-47-41(33-17-9-3-10-18-33)30-42(48-44)34-19-11-4-12-20-34;1-21(2)22(3,4)29-25(28-21)17-9-13-19(14-10-17)27-20-15-11-18(12-16-20)26-30-23(5,6)24(7,8)31-26;17-16-18-14(12-7-3-1-4-8-12)11-15(19-16)13-9-5-2-6-10-13/h1-30H;9-16H,1H2,2-8H3;1-11H/q;+1;. The van der Waals surface area contributed by atoms with Gasteiger partial charge in [0.15, 0.2) is 11.6 Å². The van der Waals surface area contributed by atoms with Crippen LogP contribution < -0.4 is 20.4 Å². The number of halogens is 1. The van der Waals surface area contributed by atoms with Gasteiger partial charge in [0.1, 0.15) is 28.6 Å². The van der Waals surface area contributed by atoms with Crippen LogP contribution >= 0.6 is 11.6 Å². The molecule has 13 aromatic rings. The first kappa shape index (κ1) is 66.8. The highest BCUT2D eigenvalue weighted by Crippen LogP contribution is 2.39. The third kappa shape index (κ3) is 15.9. The van der Waals surface area contributed by atoms with Crippen molar-refractivity contribution in [3.05, 3.63) is 309 Å².